The van der Waals surface area contributed by atoms with Crippen molar-refractivity contribution in [3.05, 3.63) is 42.8 Å². The van der Waals surface area contributed by atoms with Gasteiger partial charge in [-0.1, -0.05) is 34.8 Å². The van der Waals surface area contributed by atoms with Crippen LogP contribution in [0.5, 0.6) is 0 Å². The molecule has 0 saturated heterocycles. The largest absolute Gasteiger partial charge is 0.476 e. The summed E-state index contributed by atoms with van der Waals surface area (Å²) in [5.41, 5.74) is 3.09. The van der Waals surface area contributed by atoms with Crippen LogP contribution in [0.2, 0.25) is 15.2 Å². The molecule has 22 heavy (non-hydrogen) atoms. The fourth-order valence-corrected chi connectivity index (χ4v) is 3.06. The number of rotatable bonds is 4. The van der Waals surface area contributed by atoms with Gasteiger partial charge in [-0.25, -0.2) is 9.78 Å². The molecule has 116 valence electrons. The second kappa shape index (κ2) is 6.83. The maximum absolute atomic E-state index is 11.1. The maximum atomic E-state index is 11.1. The minimum absolute atomic E-state index is 0.00979. The van der Waals surface area contributed by atoms with Crippen molar-refractivity contribution in [2.75, 3.05) is 5.43 Å². The van der Waals surface area contributed by atoms with Crippen molar-refractivity contribution >= 4 is 63.5 Å². The number of aromatic nitrogens is 1. The van der Waals surface area contributed by atoms with Gasteiger partial charge in [0.2, 0.25) is 0 Å². The van der Waals surface area contributed by atoms with Gasteiger partial charge in [0.25, 0.3) is 0 Å². The van der Waals surface area contributed by atoms with Crippen molar-refractivity contribution in [2.24, 2.45) is 5.10 Å². The first-order chi connectivity index (χ1) is 10.3. The van der Waals surface area contributed by atoms with E-state index in [0.717, 1.165) is 9.75 Å². The van der Waals surface area contributed by atoms with E-state index in [1.807, 2.05) is 19.1 Å². The van der Waals surface area contributed by atoms with E-state index >= 15 is 0 Å². The van der Waals surface area contributed by atoms with Crippen LogP contribution in [0.25, 0.3) is 0 Å². The number of hydrogen-bond acceptors (Lipinski definition) is 5. The van der Waals surface area contributed by atoms with Gasteiger partial charge in [-0.3, -0.25) is 5.43 Å². The van der Waals surface area contributed by atoms with Gasteiger partial charge in [-0.15, -0.1) is 11.3 Å². The summed E-state index contributed by atoms with van der Waals surface area (Å²) in [6.45, 7) is 3.80. The lowest BCUT2D eigenvalue weighted by Crippen LogP contribution is -2.06. The van der Waals surface area contributed by atoms with Crippen molar-refractivity contribution in [3.8, 4) is 0 Å². The van der Waals surface area contributed by atoms with Crippen molar-refractivity contribution in [1.82, 2.24) is 4.98 Å². The normalized spacial score (nSPS) is 11.6. The fourth-order valence-electron chi connectivity index (χ4n) is 1.58. The second-order valence-electron chi connectivity index (χ2n) is 4.28. The van der Waals surface area contributed by atoms with E-state index in [4.69, 9.17) is 39.9 Å². The number of anilines is 1. The minimum Gasteiger partial charge on any atom is -0.476 e. The molecule has 2 N–H and O–H groups in total. The Kier molecular flexibility index (Phi) is 5.28. The number of carbonyl (C=O) groups is 1. The Morgan fingerprint density at radius 3 is 2.55 bits per heavy atom. The molecule has 0 aliphatic heterocycles. The third kappa shape index (κ3) is 3.52. The Balaban J connectivity index is 2.39. The molecule has 0 amide bonds. The van der Waals surface area contributed by atoms with Crippen molar-refractivity contribution in [2.45, 2.75) is 13.8 Å². The number of thiophene rings is 1. The van der Waals surface area contributed by atoms with E-state index in [1.54, 1.807) is 18.3 Å². The maximum Gasteiger partial charge on any atom is 0.356 e. The zero-order valence-electron chi connectivity index (χ0n) is 11.4. The summed E-state index contributed by atoms with van der Waals surface area (Å²) in [5.74, 6) is -1.30. The first-order valence-corrected chi connectivity index (χ1v) is 7.91. The lowest BCUT2D eigenvalue weighted by Gasteiger charge is -2.10. The Morgan fingerprint density at radius 1 is 1.32 bits per heavy atom. The highest BCUT2D eigenvalue weighted by atomic mass is 35.5. The number of pyridine rings is 1. The summed E-state index contributed by atoms with van der Waals surface area (Å²) < 4.78 is 0. The number of aromatic carboxylic acids is 1. The molecule has 9 heteroatoms. The van der Waals surface area contributed by atoms with Gasteiger partial charge >= 0.3 is 5.97 Å². The third-order valence-electron chi connectivity index (χ3n) is 2.67. The van der Waals surface area contributed by atoms with Gasteiger partial charge in [-0.05, 0) is 26.0 Å². The number of hydrogen-bond donors (Lipinski definition) is 2. The van der Waals surface area contributed by atoms with Gasteiger partial charge in [0.15, 0.2) is 10.8 Å². The number of halogens is 3. The second-order valence-corrected chi connectivity index (χ2v) is 6.68. The summed E-state index contributed by atoms with van der Waals surface area (Å²) in [6.07, 6.45) is 0. The van der Waals surface area contributed by atoms with Gasteiger partial charge in [-0.2, -0.15) is 5.10 Å². The SMILES string of the molecule is C/C(=N/Nc1c(Cl)c(Cl)nc(C(=O)O)c1Cl)c1ccc(C)s1. The lowest BCUT2D eigenvalue weighted by atomic mass is 10.3. The molecule has 0 atom stereocenters. The topological polar surface area (TPSA) is 74.6 Å². The molecule has 2 rings (SSSR count). The molecule has 5 nitrogen and oxygen atoms in total. The standard InChI is InChI=1S/C13H10Cl3N3O2S/c1-5-3-4-7(22-5)6(2)18-19-10-8(14)11(13(20)21)17-12(16)9(10)15/h3-4H,1-2H3,(H,17,19)(H,20,21)/b18-6-. The summed E-state index contributed by atoms with van der Waals surface area (Å²) >= 11 is 19.4. The van der Waals surface area contributed by atoms with E-state index in [2.05, 4.69) is 15.5 Å². The number of aryl methyl sites for hydroxylation is 1. The zero-order chi connectivity index (χ0) is 16.4. The average molecular weight is 379 g/mol. The molecule has 0 aliphatic carbocycles. The van der Waals surface area contributed by atoms with E-state index in [1.165, 1.54) is 0 Å². The van der Waals surface area contributed by atoms with Crippen molar-refractivity contribution in [1.29, 1.82) is 0 Å². The van der Waals surface area contributed by atoms with Crippen LogP contribution >= 0.6 is 46.1 Å². The van der Waals surface area contributed by atoms with Gasteiger partial charge < -0.3 is 5.11 Å². The van der Waals surface area contributed by atoms with Crippen LogP contribution < -0.4 is 5.43 Å². The summed E-state index contributed by atoms with van der Waals surface area (Å²) in [4.78, 5) is 16.8. The molecule has 2 aromatic rings. The minimum atomic E-state index is -1.30. The van der Waals surface area contributed by atoms with E-state index in [0.29, 0.717) is 5.71 Å². The average Bonchev–Trinajstić information content (AvgIpc) is 2.89. The predicted molar refractivity (Wildman–Crippen MR) is 91.1 cm³/mol. The summed E-state index contributed by atoms with van der Waals surface area (Å²) in [6, 6.07) is 3.91. The number of hydrazone groups is 1. The zero-order valence-corrected chi connectivity index (χ0v) is 14.5. The number of carboxylic acids is 1. The highest BCUT2D eigenvalue weighted by molar-refractivity contribution is 7.14. The Labute approximate surface area is 145 Å². The third-order valence-corrected chi connectivity index (χ3v) is 4.89. The molecule has 0 bridgehead atoms. The first kappa shape index (κ1) is 17.0. The molecule has 0 aliphatic rings. The first-order valence-electron chi connectivity index (χ1n) is 5.96. The van der Waals surface area contributed by atoms with Crippen LogP contribution in [0.15, 0.2) is 17.2 Å². The van der Waals surface area contributed by atoms with Crippen LogP contribution in [0, 0.1) is 6.92 Å². The molecule has 0 unspecified atom stereocenters. The van der Waals surface area contributed by atoms with Crippen LogP contribution in [-0.4, -0.2) is 21.8 Å². The van der Waals surface area contributed by atoms with Crippen LogP contribution in [0.1, 0.15) is 27.2 Å². The highest BCUT2D eigenvalue weighted by Gasteiger charge is 2.20. The van der Waals surface area contributed by atoms with Crippen LogP contribution in [0.4, 0.5) is 5.69 Å². The Morgan fingerprint density at radius 2 is 2.00 bits per heavy atom. The van der Waals surface area contributed by atoms with E-state index in [-0.39, 0.29) is 20.9 Å². The number of nitrogens with zero attached hydrogens (tertiary/aromatic N) is 2. The molecule has 2 heterocycles. The fraction of sp³-hybridized carbons (Fsp3) is 0.154. The predicted octanol–water partition coefficient (Wildman–Crippen LogP) is 4.95. The van der Waals surface area contributed by atoms with E-state index in [9.17, 15) is 4.79 Å². The smallest absolute Gasteiger partial charge is 0.356 e. The van der Waals surface area contributed by atoms with Gasteiger partial charge in [0, 0.05) is 4.88 Å². The van der Waals surface area contributed by atoms with Crippen LogP contribution in [0.3, 0.4) is 0 Å². The van der Waals surface area contributed by atoms with Crippen molar-refractivity contribution < 1.29 is 9.90 Å². The Hall–Kier alpha value is -1.34. The number of nitrogens with one attached hydrogen (secondary N) is 1. The molecule has 0 radical (unpaired) electrons. The number of carboxylic acid groups (broad SMARTS) is 1. The summed E-state index contributed by atoms with van der Waals surface area (Å²) in [5, 5.41) is 12.9. The molecular weight excluding hydrogens is 369 g/mol. The molecule has 2 aromatic heterocycles. The van der Waals surface area contributed by atoms with Crippen molar-refractivity contribution in [3.63, 3.8) is 0 Å². The Bertz CT molecular complexity index is 774. The van der Waals surface area contributed by atoms with E-state index < -0.39 is 11.7 Å². The van der Waals surface area contributed by atoms with Gasteiger partial charge in [0.05, 0.1) is 16.3 Å². The highest BCUT2D eigenvalue weighted by Crippen LogP contribution is 2.37. The molecule has 0 aromatic carbocycles. The van der Waals surface area contributed by atoms with Crippen LogP contribution in [-0.2, 0) is 0 Å². The quantitative estimate of drug-likeness (QED) is 0.448. The monoisotopic (exact) mass is 377 g/mol. The molecular formula is C13H10Cl3N3O2S. The molecule has 0 saturated carbocycles. The molecule has 0 spiro atoms. The lowest BCUT2D eigenvalue weighted by molar-refractivity contribution is 0.0691. The van der Waals surface area contributed by atoms with Gasteiger partial charge in [0.1, 0.15) is 10.0 Å². The summed E-state index contributed by atoms with van der Waals surface area (Å²) in [7, 11) is 0. The molecule has 0 fully saturated rings.